The molecule has 1 atom stereocenters. The van der Waals surface area contributed by atoms with Crippen LogP contribution < -0.4 is 20.3 Å². The van der Waals surface area contributed by atoms with Crippen LogP contribution in [0.5, 0.6) is 5.75 Å². The van der Waals surface area contributed by atoms with Crippen LogP contribution >= 0.6 is 0 Å². The third-order valence-electron chi connectivity index (χ3n) is 5.28. The zero-order chi connectivity index (χ0) is 24.1. The number of methoxy groups -OCH3 is 1. The van der Waals surface area contributed by atoms with Crippen LogP contribution in [0.25, 0.3) is 5.69 Å². The van der Waals surface area contributed by atoms with Gasteiger partial charge in [0.15, 0.2) is 0 Å². The van der Waals surface area contributed by atoms with Gasteiger partial charge in [0, 0.05) is 25.5 Å². The van der Waals surface area contributed by atoms with E-state index in [2.05, 4.69) is 30.6 Å². The largest absolute Gasteiger partial charge is 0.497 e. The lowest BCUT2D eigenvalue weighted by Gasteiger charge is -2.22. The Hall–Kier alpha value is -3.82. The summed E-state index contributed by atoms with van der Waals surface area (Å²) < 4.78 is 12.4. The first-order chi connectivity index (χ1) is 16.3. The van der Waals surface area contributed by atoms with Gasteiger partial charge in [-0.1, -0.05) is 0 Å². The summed E-state index contributed by atoms with van der Waals surface area (Å²) in [5.74, 6) is 2.15. The molecule has 1 saturated heterocycles. The number of hydrogen-bond acceptors (Lipinski definition) is 8. The van der Waals surface area contributed by atoms with Gasteiger partial charge >= 0.3 is 6.09 Å². The molecule has 1 aliphatic rings. The van der Waals surface area contributed by atoms with Crippen molar-refractivity contribution in [3.8, 4) is 11.4 Å². The van der Waals surface area contributed by atoms with Gasteiger partial charge in [-0.3, -0.25) is 0 Å². The first kappa shape index (κ1) is 23.3. The Kier molecular flexibility index (Phi) is 6.85. The zero-order valence-corrected chi connectivity index (χ0v) is 20.0. The van der Waals surface area contributed by atoms with Gasteiger partial charge in [-0.15, -0.1) is 0 Å². The molecule has 3 heterocycles. The number of amides is 1. The van der Waals surface area contributed by atoms with Crippen LogP contribution in [-0.4, -0.2) is 57.7 Å². The van der Waals surface area contributed by atoms with E-state index in [1.807, 2.05) is 68.0 Å². The van der Waals surface area contributed by atoms with Gasteiger partial charge in [-0.2, -0.15) is 10.1 Å². The number of hydrogen-bond donors (Lipinski definition) is 2. The van der Waals surface area contributed by atoms with E-state index in [9.17, 15) is 4.79 Å². The van der Waals surface area contributed by atoms with Crippen molar-refractivity contribution in [1.82, 2.24) is 25.1 Å². The fraction of sp³-hybridized carbons (Fsp3) is 0.417. The van der Waals surface area contributed by atoms with Crippen LogP contribution in [0.4, 0.5) is 16.6 Å². The maximum atomic E-state index is 12.1. The Bertz CT molecular complexity index is 1110. The lowest BCUT2D eigenvalue weighted by atomic mass is 10.2. The summed E-state index contributed by atoms with van der Waals surface area (Å²) in [4.78, 5) is 23.2. The number of ether oxygens (including phenoxy) is 2. The fourth-order valence-corrected chi connectivity index (χ4v) is 3.68. The average Bonchev–Trinajstić information content (AvgIpc) is 3.46. The first-order valence-corrected chi connectivity index (χ1v) is 11.3. The highest BCUT2D eigenvalue weighted by molar-refractivity contribution is 5.68. The van der Waals surface area contributed by atoms with Gasteiger partial charge in [-0.05, 0) is 63.6 Å². The lowest BCUT2D eigenvalue weighted by molar-refractivity contribution is 0.0509. The average molecular weight is 466 g/mol. The van der Waals surface area contributed by atoms with Gasteiger partial charge in [0.25, 0.3) is 0 Å². The second-order valence-corrected chi connectivity index (χ2v) is 9.12. The number of rotatable bonds is 7. The number of aromatic nitrogens is 4. The van der Waals surface area contributed by atoms with E-state index in [1.54, 1.807) is 13.3 Å². The standard InChI is InChI=1S/C24H31N7O3/c1-24(2,3)34-23(32)27-18-10-13-30(16-18)21-9-12-25-22(28-21)26-15-17-11-14-31(29-17)19-5-7-20(33-4)8-6-19/h5-9,11-12,14,18H,10,13,15-16H2,1-4H3,(H,27,32)(H,25,26,28). The maximum absolute atomic E-state index is 12.1. The normalized spacial score (nSPS) is 15.8. The van der Waals surface area contributed by atoms with Crippen molar-refractivity contribution in [3.05, 3.63) is 54.5 Å². The molecule has 0 radical (unpaired) electrons. The first-order valence-electron chi connectivity index (χ1n) is 11.3. The molecule has 1 amide bonds. The Morgan fingerprint density at radius 3 is 2.71 bits per heavy atom. The Morgan fingerprint density at radius 2 is 1.97 bits per heavy atom. The van der Waals surface area contributed by atoms with Gasteiger partial charge in [0.2, 0.25) is 5.95 Å². The van der Waals surface area contributed by atoms with Gasteiger partial charge in [-0.25, -0.2) is 14.5 Å². The Balaban J connectivity index is 1.31. The molecule has 1 aliphatic heterocycles. The minimum Gasteiger partial charge on any atom is -0.497 e. The molecule has 0 aliphatic carbocycles. The fourth-order valence-electron chi connectivity index (χ4n) is 3.68. The van der Waals surface area contributed by atoms with Crippen LogP contribution in [0.2, 0.25) is 0 Å². The van der Waals surface area contributed by atoms with Crippen molar-refractivity contribution in [3.63, 3.8) is 0 Å². The molecule has 0 spiro atoms. The van der Waals surface area contributed by atoms with Crippen LogP contribution in [0.3, 0.4) is 0 Å². The van der Waals surface area contributed by atoms with Crippen molar-refractivity contribution in [2.75, 3.05) is 30.4 Å². The maximum Gasteiger partial charge on any atom is 0.407 e. The van der Waals surface area contributed by atoms with Crippen molar-refractivity contribution in [1.29, 1.82) is 0 Å². The molecule has 34 heavy (non-hydrogen) atoms. The Morgan fingerprint density at radius 1 is 1.18 bits per heavy atom. The quantitative estimate of drug-likeness (QED) is 0.547. The number of benzene rings is 1. The predicted molar refractivity (Wildman–Crippen MR) is 129 cm³/mol. The third kappa shape index (κ3) is 6.15. The van der Waals surface area contributed by atoms with E-state index in [-0.39, 0.29) is 6.04 Å². The highest BCUT2D eigenvalue weighted by Gasteiger charge is 2.27. The molecule has 10 nitrogen and oxygen atoms in total. The minimum atomic E-state index is -0.514. The van der Waals surface area contributed by atoms with E-state index in [1.165, 1.54) is 0 Å². The third-order valence-corrected chi connectivity index (χ3v) is 5.28. The van der Waals surface area contributed by atoms with Crippen molar-refractivity contribution in [2.24, 2.45) is 0 Å². The van der Waals surface area contributed by atoms with Gasteiger partial charge in [0.1, 0.15) is 17.2 Å². The molecule has 2 N–H and O–H groups in total. The monoisotopic (exact) mass is 465 g/mol. The molecule has 2 aromatic heterocycles. The number of carbonyl (C=O) groups is 1. The van der Waals surface area contributed by atoms with Crippen molar-refractivity contribution in [2.45, 2.75) is 45.4 Å². The minimum absolute atomic E-state index is 0.0168. The smallest absolute Gasteiger partial charge is 0.407 e. The SMILES string of the molecule is COc1ccc(-n2ccc(CNc3nccc(N4CCC(NC(=O)OC(C)(C)C)C4)n3)n2)cc1. The highest BCUT2D eigenvalue weighted by atomic mass is 16.6. The topological polar surface area (TPSA) is 106 Å². The van der Waals surface area contributed by atoms with Crippen LogP contribution in [-0.2, 0) is 11.3 Å². The molecule has 10 heteroatoms. The van der Waals surface area contributed by atoms with Gasteiger partial charge < -0.3 is 25.0 Å². The lowest BCUT2D eigenvalue weighted by Crippen LogP contribution is -2.40. The predicted octanol–water partition coefficient (Wildman–Crippen LogP) is 3.39. The second-order valence-electron chi connectivity index (χ2n) is 9.12. The molecule has 0 saturated carbocycles. The molecular formula is C24H31N7O3. The molecule has 0 bridgehead atoms. The number of carbonyl (C=O) groups excluding carboxylic acids is 1. The molecule has 1 unspecified atom stereocenters. The Labute approximate surface area is 199 Å². The van der Waals surface area contributed by atoms with E-state index in [0.717, 1.165) is 35.9 Å². The van der Waals surface area contributed by atoms with Crippen LogP contribution in [0.15, 0.2) is 48.8 Å². The van der Waals surface area contributed by atoms with E-state index < -0.39 is 11.7 Å². The van der Waals surface area contributed by atoms with Gasteiger partial charge in [0.05, 0.1) is 31.1 Å². The molecule has 1 aromatic carbocycles. The number of nitrogens with one attached hydrogen (secondary N) is 2. The summed E-state index contributed by atoms with van der Waals surface area (Å²) in [6.07, 6.45) is 4.08. The molecular weight excluding hydrogens is 434 g/mol. The second kappa shape index (κ2) is 9.98. The van der Waals surface area contributed by atoms with Crippen LogP contribution in [0, 0.1) is 0 Å². The number of alkyl carbamates (subject to hydrolysis) is 1. The molecule has 180 valence electrons. The molecule has 4 rings (SSSR count). The van der Waals surface area contributed by atoms with E-state index in [0.29, 0.717) is 19.0 Å². The highest BCUT2D eigenvalue weighted by Crippen LogP contribution is 2.20. The van der Waals surface area contributed by atoms with E-state index >= 15 is 0 Å². The number of nitrogens with zero attached hydrogens (tertiary/aromatic N) is 5. The molecule has 1 fully saturated rings. The van der Waals surface area contributed by atoms with Crippen molar-refractivity contribution < 1.29 is 14.3 Å². The summed E-state index contributed by atoms with van der Waals surface area (Å²) in [6, 6.07) is 11.6. The number of anilines is 2. The van der Waals surface area contributed by atoms with Crippen molar-refractivity contribution >= 4 is 17.9 Å². The zero-order valence-electron chi connectivity index (χ0n) is 20.0. The summed E-state index contributed by atoms with van der Waals surface area (Å²) in [7, 11) is 1.65. The summed E-state index contributed by atoms with van der Waals surface area (Å²) >= 11 is 0. The summed E-state index contributed by atoms with van der Waals surface area (Å²) in [5, 5.41) is 10.8. The molecule has 3 aromatic rings. The summed E-state index contributed by atoms with van der Waals surface area (Å²) in [5.41, 5.74) is 1.31. The van der Waals surface area contributed by atoms with E-state index in [4.69, 9.17) is 9.47 Å². The van der Waals surface area contributed by atoms with Crippen LogP contribution in [0.1, 0.15) is 32.9 Å². The summed E-state index contributed by atoms with van der Waals surface area (Å²) in [6.45, 7) is 7.52.